The van der Waals surface area contributed by atoms with Crippen LogP contribution in [0.15, 0.2) is 91.0 Å². The fourth-order valence-electron chi connectivity index (χ4n) is 2.31. The summed E-state index contributed by atoms with van der Waals surface area (Å²) in [6.45, 7) is 0. The van der Waals surface area contributed by atoms with E-state index >= 15 is 0 Å². The first kappa shape index (κ1) is 20.0. The van der Waals surface area contributed by atoms with Gasteiger partial charge in [0.15, 0.2) is 0 Å². The van der Waals surface area contributed by atoms with E-state index < -0.39 is 22.7 Å². The van der Waals surface area contributed by atoms with Crippen LogP contribution in [0.5, 0.6) is 0 Å². The molecule has 1 nitrogen and oxygen atoms in total. The summed E-state index contributed by atoms with van der Waals surface area (Å²) in [5, 5.41) is 0. The Kier molecular flexibility index (Phi) is 8.51. The van der Waals surface area contributed by atoms with Crippen LogP contribution in [-0.4, -0.2) is 46.0 Å². The molecule has 0 N–H and O–H groups in total. The van der Waals surface area contributed by atoms with Gasteiger partial charge in [-0.2, -0.15) is 0 Å². The predicted octanol–water partition coefficient (Wildman–Crippen LogP) is 2.58. The van der Waals surface area contributed by atoms with Gasteiger partial charge in [-0.15, -0.1) is 0 Å². The van der Waals surface area contributed by atoms with Crippen molar-refractivity contribution in [2.45, 2.75) is 0 Å². The molecule has 127 valence electrons. The van der Waals surface area contributed by atoms with Crippen LogP contribution in [0.3, 0.4) is 0 Å². The number of hydrogen-bond donors (Lipinski definition) is 0. The van der Waals surface area contributed by atoms with Gasteiger partial charge in [0.1, 0.15) is 0 Å². The van der Waals surface area contributed by atoms with E-state index in [4.69, 9.17) is 0 Å². The standard InChI is InChI=1S/3C6H5.C3H7NS2.Pb/c3*1-2-4-6-5-3-1;1-4(2)3(5)6;/h3*1-5H;1-2H3,(H,5,6);/p-1. The molecule has 0 aliphatic heterocycles. The van der Waals surface area contributed by atoms with Crippen LogP contribution < -0.4 is 9.37 Å². The molecule has 0 heterocycles. The van der Waals surface area contributed by atoms with Crippen molar-refractivity contribution in [1.29, 1.82) is 0 Å². The molecule has 0 aromatic heterocycles. The Balaban J connectivity index is 0.000000326. The van der Waals surface area contributed by atoms with E-state index in [-0.39, 0.29) is 0 Å². The van der Waals surface area contributed by atoms with Gasteiger partial charge in [0.2, 0.25) is 0 Å². The van der Waals surface area contributed by atoms with E-state index in [1.54, 1.807) is 14.3 Å². The normalized spacial score (nSPS) is 9.88. The van der Waals surface area contributed by atoms with Gasteiger partial charge in [0.25, 0.3) is 0 Å². The Morgan fingerprint density at radius 1 is 0.680 bits per heavy atom. The van der Waals surface area contributed by atoms with Crippen molar-refractivity contribution in [2.24, 2.45) is 0 Å². The number of hydrogen-bond acceptors (Lipinski definition) is 2. The molecule has 0 saturated carbocycles. The summed E-state index contributed by atoms with van der Waals surface area (Å²) in [5.41, 5.74) is 0. The van der Waals surface area contributed by atoms with Gasteiger partial charge in [-0.3, -0.25) is 0 Å². The molecule has 4 heteroatoms. The maximum absolute atomic E-state index is 4.56. The maximum atomic E-state index is 4.56. The molecule has 25 heavy (non-hydrogen) atoms. The van der Waals surface area contributed by atoms with Crippen molar-refractivity contribution < 1.29 is 0 Å². The number of rotatable bonds is 3. The predicted molar refractivity (Wildman–Crippen MR) is 118 cm³/mol. The van der Waals surface area contributed by atoms with Crippen molar-refractivity contribution in [3.05, 3.63) is 91.0 Å². The molecule has 3 rings (SSSR count). The van der Waals surface area contributed by atoms with Gasteiger partial charge in [-0.25, -0.2) is 0 Å². The van der Waals surface area contributed by atoms with Crippen molar-refractivity contribution >= 4 is 61.2 Å². The van der Waals surface area contributed by atoms with Crippen molar-refractivity contribution in [2.75, 3.05) is 14.1 Å². The Hall–Kier alpha value is -1.31. The first-order chi connectivity index (χ1) is 12.1. The second kappa shape index (κ2) is 10.6. The molecule has 0 amide bonds. The van der Waals surface area contributed by atoms with E-state index in [9.17, 15) is 0 Å². The summed E-state index contributed by atoms with van der Waals surface area (Å²) < 4.78 is 5.15. The molecular formula is C21H21NPbS2-. The molecule has 0 atom stereocenters. The Morgan fingerprint density at radius 2 is 0.920 bits per heavy atom. The third-order valence-electron chi connectivity index (χ3n) is 3.55. The zero-order valence-electron chi connectivity index (χ0n) is 14.4. The molecule has 0 bridgehead atoms. The fraction of sp³-hybridized carbons (Fsp3) is 0.0952. The zero-order chi connectivity index (χ0) is 18.1. The summed E-state index contributed by atoms with van der Waals surface area (Å²) in [4.78, 5) is 1.71. The fourth-order valence-corrected chi connectivity index (χ4v) is 12.3. The van der Waals surface area contributed by atoms with E-state index in [2.05, 4.69) is 116 Å². The van der Waals surface area contributed by atoms with Gasteiger partial charge in [0.05, 0.1) is 0 Å². The Bertz CT molecular complexity index is 668. The second-order valence-electron chi connectivity index (χ2n) is 5.63. The quantitative estimate of drug-likeness (QED) is 0.277. The first-order valence-electron chi connectivity index (χ1n) is 8.01. The van der Waals surface area contributed by atoms with Crippen molar-refractivity contribution in [3.8, 4) is 0 Å². The molecule has 0 unspecified atom stereocenters. The number of thiocarbonyl (C=S) groups is 1. The SMILES string of the molecule is CN(C)C(=S)[S-].c1cc[c]([Pb]([c]2ccccc2)[c]2ccccc2)cc1. The van der Waals surface area contributed by atoms with Crippen LogP contribution in [0.1, 0.15) is 0 Å². The minimum atomic E-state index is -2.17. The third kappa shape index (κ3) is 6.49. The Morgan fingerprint density at radius 3 is 1.12 bits per heavy atom. The third-order valence-corrected chi connectivity index (χ3v) is 14.9. The molecule has 0 aliphatic rings. The number of benzene rings is 3. The summed E-state index contributed by atoms with van der Waals surface area (Å²) in [5.74, 6) is 0. The van der Waals surface area contributed by atoms with E-state index in [1.165, 1.54) is 0 Å². The Labute approximate surface area is 170 Å². The molecule has 0 saturated heterocycles. The van der Waals surface area contributed by atoms with Gasteiger partial charge in [-0.1, -0.05) is 4.32 Å². The monoisotopic (exact) mass is 559 g/mol. The van der Waals surface area contributed by atoms with Gasteiger partial charge >= 0.3 is 123 Å². The second-order valence-corrected chi connectivity index (χ2v) is 16.3. The van der Waals surface area contributed by atoms with E-state index in [0.29, 0.717) is 4.32 Å². The minimum absolute atomic E-state index is 0.509. The van der Waals surface area contributed by atoms with Crippen LogP contribution in [0.25, 0.3) is 0 Å². The number of nitrogens with zero attached hydrogens (tertiary/aromatic N) is 1. The van der Waals surface area contributed by atoms with Crippen molar-refractivity contribution in [3.63, 3.8) is 0 Å². The van der Waals surface area contributed by atoms with Gasteiger partial charge in [0, 0.05) is 14.1 Å². The van der Waals surface area contributed by atoms with E-state index in [1.807, 2.05) is 14.1 Å². The van der Waals surface area contributed by atoms with Crippen LogP contribution >= 0.6 is 12.2 Å². The molecule has 0 spiro atoms. The molecule has 3 aromatic rings. The molecule has 3 aromatic carbocycles. The van der Waals surface area contributed by atoms with Crippen LogP contribution in [0.4, 0.5) is 0 Å². The van der Waals surface area contributed by atoms with Crippen LogP contribution in [0.2, 0.25) is 0 Å². The van der Waals surface area contributed by atoms with Crippen LogP contribution in [0, 0.1) is 0 Å². The van der Waals surface area contributed by atoms with Crippen molar-refractivity contribution in [1.82, 2.24) is 4.90 Å². The molecule has 1 radical (unpaired) electrons. The average molecular weight is 559 g/mol. The van der Waals surface area contributed by atoms with Gasteiger partial charge in [-0.05, 0) is 0 Å². The topological polar surface area (TPSA) is 3.24 Å². The van der Waals surface area contributed by atoms with E-state index in [0.717, 1.165) is 0 Å². The van der Waals surface area contributed by atoms with Gasteiger partial charge < -0.3 is 29.7 Å². The first-order valence-corrected chi connectivity index (χ1v) is 14.7. The average Bonchev–Trinajstić information content (AvgIpc) is 2.65. The summed E-state index contributed by atoms with van der Waals surface area (Å²) in [6.07, 6.45) is 0. The summed E-state index contributed by atoms with van der Waals surface area (Å²) in [6, 6.07) is 33.0. The summed E-state index contributed by atoms with van der Waals surface area (Å²) in [7, 11) is 3.66. The molecule has 0 aliphatic carbocycles. The van der Waals surface area contributed by atoms with Crippen LogP contribution in [-0.2, 0) is 12.6 Å². The zero-order valence-corrected chi connectivity index (χ0v) is 19.9. The molecular weight excluding hydrogens is 538 g/mol. The molecule has 0 fully saturated rings. The summed E-state index contributed by atoms with van der Waals surface area (Å²) >= 11 is 6.95.